The van der Waals surface area contributed by atoms with Crippen LogP contribution in [0.1, 0.15) is 36.3 Å². The molecule has 0 radical (unpaired) electrons. The van der Waals surface area contributed by atoms with Crippen molar-refractivity contribution in [3.8, 4) is 0 Å². The van der Waals surface area contributed by atoms with Crippen LogP contribution < -0.4 is 0 Å². The Labute approximate surface area is 105 Å². The zero-order valence-electron chi connectivity index (χ0n) is 9.96. The fourth-order valence-corrected chi connectivity index (χ4v) is 4.33. The highest BCUT2D eigenvalue weighted by Gasteiger charge is 2.44. The molecule has 1 aromatic carbocycles. The summed E-state index contributed by atoms with van der Waals surface area (Å²) in [6.07, 6.45) is 0. The van der Waals surface area contributed by atoms with Crippen molar-refractivity contribution < 1.29 is 28.7 Å². The number of hydrogen-bond acceptors (Lipinski definition) is 2. The monoisotopic (exact) mass is 294 g/mol. The van der Waals surface area contributed by atoms with E-state index in [2.05, 4.69) is 0 Å². The van der Waals surface area contributed by atoms with E-state index in [1.807, 2.05) is 13.8 Å². The van der Waals surface area contributed by atoms with Crippen LogP contribution in [-0.4, -0.2) is 19.6 Å². The van der Waals surface area contributed by atoms with Gasteiger partial charge in [-0.05, 0) is 17.0 Å². The minimum Gasteiger partial charge on any atom is -0.324 e. The standard InChI is InChI=1S/C10H16O6P2/c1-7(2)8-3-5-9(6-4-8)10(17(11,12)13)18(14,15)16/h3-7,10H,1-2H3,(H2,11,12,13)(H2,14,15,16). The van der Waals surface area contributed by atoms with E-state index in [-0.39, 0.29) is 11.5 Å². The molecule has 1 aromatic rings. The smallest absolute Gasteiger partial charge is 0.324 e. The quantitative estimate of drug-likeness (QED) is 0.632. The van der Waals surface area contributed by atoms with Gasteiger partial charge in [0.2, 0.25) is 0 Å². The second kappa shape index (κ2) is 5.25. The van der Waals surface area contributed by atoms with Crippen molar-refractivity contribution in [3.05, 3.63) is 35.4 Å². The first-order valence-electron chi connectivity index (χ1n) is 5.23. The highest BCUT2D eigenvalue weighted by atomic mass is 31.2. The lowest BCUT2D eigenvalue weighted by atomic mass is 10.0. The van der Waals surface area contributed by atoms with Crippen LogP contribution >= 0.6 is 15.2 Å². The number of rotatable bonds is 4. The summed E-state index contributed by atoms with van der Waals surface area (Å²) in [6.45, 7) is 3.89. The first-order chi connectivity index (χ1) is 8.03. The minimum atomic E-state index is -4.92. The molecule has 0 fully saturated rings. The number of hydrogen-bond donors (Lipinski definition) is 4. The van der Waals surface area contributed by atoms with Crippen molar-refractivity contribution in [2.45, 2.75) is 25.2 Å². The maximum absolute atomic E-state index is 11.2. The van der Waals surface area contributed by atoms with Crippen molar-refractivity contribution in [1.82, 2.24) is 0 Å². The molecule has 0 atom stereocenters. The Hall–Kier alpha value is -0.480. The molecule has 0 saturated heterocycles. The van der Waals surface area contributed by atoms with Gasteiger partial charge in [0, 0.05) is 0 Å². The Bertz CT molecular complexity index is 476. The van der Waals surface area contributed by atoms with Gasteiger partial charge in [-0.2, -0.15) is 0 Å². The lowest BCUT2D eigenvalue weighted by Gasteiger charge is -2.20. The minimum absolute atomic E-state index is 0.0546. The van der Waals surface area contributed by atoms with Gasteiger partial charge < -0.3 is 19.6 Å². The van der Waals surface area contributed by atoms with Crippen molar-refractivity contribution in [3.63, 3.8) is 0 Å². The van der Waals surface area contributed by atoms with Gasteiger partial charge in [-0.1, -0.05) is 38.1 Å². The molecule has 8 heteroatoms. The molecule has 0 saturated carbocycles. The first-order valence-corrected chi connectivity index (χ1v) is 8.60. The summed E-state index contributed by atoms with van der Waals surface area (Å²) in [5, 5.41) is -2.09. The van der Waals surface area contributed by atoms with Crippen LogP contribution in [-0.2, 0) is 9.13 Å². The molecule has 0 aromatic heterocycles. The third kappa shape index (κ3) is 3.75. The molecule has 102 valence electrons. The molecule has 0 bridgehead atoms. The van der Waals surface area contributed by atoms with E-state index in [4.69, 9.17) is 19.6 Å². The van der Waals surface area contributed by atoms with E-state index in [0.717, 1.165) is 5.56 Å². The highest BCUT2D eigenvalue weighted by Crippen LogP contribution is 2.69. The second-order valence-corrected chi connectivity index (χ2v) is 8.17. The van der Waals surface area contributed by atoms with Crippen molar-refractivity contribution in [1.29, 1.82) is 0 Å². The molecular formula is C10H16O6P2. The summed E-state index contributed by atoms with van der Waals surface area (Å²) in [5.41, 5.74) is 0.870. The SMILES string of the molecule is CC(C)c1ccc(C(P(=O)(O)O)P(=O)(O)O)cc1. The Morgan fingerprint density at radius 1 is 0.833 bits per heavy atom. The van der Waals surface area contributed by atoms with Crippen molar-refractivity contribution >= 4 is 15.2 Å². The molecule has 0 heterocycles. The maximum Gasteiger partial charge on any atom is 0.345 e. The average molecular weight is 294 g/mol. The molecule has 0 aliphatic heterocycles. The predicted octanol–water partition coefficient (Wildman–Crippen LogP) is 2.16. The lowest BCUT2D eigenvalue weighted by molar-refractivity contribution is 0.340. The fourth-order valence-electron chi connectivity index (χ4n) is 1.64. The molecule has 0 unspecified atom stereocenters. The van der Waals surface area contributed by atoms with Gasteiger partial charge in [0.1, 0.15) is 0 Å². The van der Waals surface area contributed by atoms with E-state index in [1.165, 1.54) is 12.1 Å². The molecular weight excluding hydrogens is 278 g/mol. The van der Waals surface area contributed by atoms with Crippen LogP contribution in [0.4, 0.5) is 0 Å². The molecule has 0 aliphatic carbocycles. The van der Waals surface area contributed by atoms with Crippen LogP contribution in [0.5, 0.6) is 0 Å². The molecule has 0 aliphatic rings. The summed E-state index contributed by atoms with van der Waals surface area (Å²) in [6, 6.07) is 5.91. The summed E-state index contributed by atoms with van der Waals surface area (Å²) in [5.74, 6) is 0.225. The maximum atomic E-state index is 11.2. The third-order valence-electron chi connectivity index (χ3n) is 2.54. The van der Waals surface area contributed by atoms with E-state index in [1.54, 1.807) is 12.1 Å². The van der Waals surface area contributed by atoms with Crippen LogP contribution in [0.25, 0.3) is 0 Å². The van der Waals surface area contributed by atoms with E-state index >= 15 is 0 Å². The zero-order valence-corrected chi connectivity index (χ0v) is 11.8. The van der Waals surface area contributed by atoms with Crippen molar-refractivity contribution in [2.24, 2.45) is 0 Å². The van der Waals surface area contributed by atoms with E-state index < -0.39 is 20.6 Å². The molecule has 6 nitrogen and oxygen atoms in total. The van der Waals surface area contributed by atoms with Gasteiger partial charge in [-0.25, -0.2) is 0 Å². The van der Waals surface area contributed by atoms with Gasteiger partial charge in [-0.3, -0.25) is 9.13 Å². The van der Waals surface area contributed by atoms with Crippen LogP contribution in [0.2, 0.25) is 0 Å². The molecule has 0 spiro atoms. The van der Waals surface area contributed by atoms with Gasteiger partial charge in [-0.15, -0.1) is 0 Å². The first kappa shape index (κ1) is 15.6. The normalized spacial score (nSPS) is 13.3. The zero-order chi connectivity index (χ0) is 14.1. The molecule has 4 N–H and O–H groups in total. The second-order valence-electron chi connectivity index (χ2n) is 4.37. The largest absolute Gasteiger partial charge is 0.345 e. The lowest BCUT2D eigenvalue weighted by Crippen LogP contribution is -2.01. The highest BCUT2D eigenvalue weighted by molar-refractivity contribution is 7.70. The predicted molar refractivity (Wildman–Crippen MR) is 67.4 cm³/mol. The van der Waals surface area contributed by atoms with Gasteiger partial charge in [0.15, 0.2) is 5.40 Å². The third-order valence-corrected chi connectivity index (χ3v) is 6.21. The summed E-state index contributed by atoms with van der Waals surface area (Å²) in [7, 11) is -9.84. The van der Waals surface area contributed by atoms with Gasteiger partial charge >= 0.3 is 15.2 Å². The van der Waals surface area contributed by atoms with Crippen LogP contribution in [0.15, 0.2) is 24.3 Å². The Morgan fingerprint density at radius 2 is 1.17 bits per heavy atom. The fraction of sp³-hybridized carbons (Fsp3) is 0.400. The van der Waals surface area contributed by atoms with Crippen molar-refractivity contribution in [2.75, 3.05) is 0 Å². The topological polar surface area (TPSA) is 115 Å². The number of benzene rings is 1. The Kier molecular flexibility index (Phi) is 4.55. The Morgan fingerprint density at radius 3 is 1.44 bits per heavy atom. The average Bonchev–Trinajstić information content (AvgIpc) is 2.13. The summed E-state index contributed by atoms with van der Waals surface area (Å²) < 4.78 is 22.4. The van der Waals surface area contributed by atoms with Crippen LogP contribution in [0, 0.1) is 0 Å². The van der Waals surface area contributed by atoms with E-state index in [9.17, 15) is 9.13 Å². The van der Waals surface area contributed by atoms with Crippen LogP contribution in [0.3, 0.4) is 0 Å². The van der Waals surface area contributed by atoms with E-state index in [0.29, 0.717) is 0 Å². The van der Waals surface area contributed by atoms with Gasteiger partial charge in [0.05, 0.1) is 0 Å². The summed E-state index contributed by atoms with van der Waals surface area (Å²) >= 11 is 0. The van der Waals surface area contributed by atoms with Gasteiger partial charge in [0.25, 0.3) is 0 Å². The molecule has 1 rings (SSSR count). The Balaban J connectivity index is 3.24. The molecule has 18 heavy (non-hydrogen) atoms. The summed E-state index contributed by atoms with van der Waals surface area (Å²) in [4.78, 5) is 36.3. The molecule has 0 amide bonds.